The van der Waals surface area contributed by atoms with Crippen molar-refractivity contribution in [1.82, 2.24) is 19.5 Å². The number of carbonyl (C=O) groups is 1. The lowest BCUT2D eigenvalue weighted by Crippen LogP contribution is -2.15. The third-order valence-electron chi connectivity index (χ3n) is 5.06. The second-order valence-corrected chi connectivity index (χ2v) is 10.6. The molecule has 0 saturated carbocycles. The highest BCUT2D eigenvalue weighted by Gasteiger charge is 2.19. The average molecular weight is 533 g/mol. The summed E-state index contributed by atoms with van der Waals surface area (Å²) in [5.41, 5.74) is 1.52. The summed E-state index contributed by atoms with van der Waals surface area (Å²) in [6.07, 6.45) is 5.91. The Morgan fingerprint density at radius 1 is 1.19 bits per heavy atom. The quantitative estimate of drug-likeness (QED) is 0.214. The first-order valence-corrected chi connectivity index (χ1v) is 14.2. The predicted molar refractivity (Wildman–Crippen MR) is 137 cm³/mol. The monoisotopic (exact) mass is 532 g/mol. The number of amides is 1. The summed E-state index contributed by atoms with van der Waals surface area (Å²) in [7, 11) is 0. The van der Waals surface area contributed by atoms with E-state index in [1.54, 1.807) is 30.6 Å². The van der Waals surface area contributed by atoms with Crippen LogP contribution in [0.3, 0.4) is 0 Å². The number of rotatable bonds is 15. The SMILES string of the molecule is CCCC[C@@H](OCCCOP(O)(=S)OCCC#N)n1cnc2c(NC(=O)c3ccccc3)ncnc21. The number of benzene rings is 1. The van der Waals surface area contributed by atoms with Gasteiger partial charge in [-0.15, -0.1) is 0 Å². The highest BCUT2D eigenvalue weighted by molar-refractivity contribution is 8.07. The van der Waals surface area contributed by atoms with Crippen LogP contribution in [0.25, 0.3) is 11.2 Å². The normalized spacial score (nSPS) is 13.7. The number of ether oxygens (including phenoxy) is 1. The summed E-state index contributed by atoms with van der Waals surface area (Å²) >= 11 is 4.92. The molecule has 1 unspecified atom stereocenters. The van der Waals surface area contributed by atoms with Gasteiger partial charge in [-0.1, -0.05) is 31.5 Å². The summed E-state index contributed by atoms with van der Waals surface area (Å²) < 4.78 is 18.3. The fourth-order valence-electron chi connectivity index (χ4n) is 3.31. The number of nitriles is 1. The van der Waals surface area contributed by atoms with Crippen LogP contribution in [0.2, 0.25) is 0 Å². The van der Waals surface area contributed by atoms with Crippen LogP contribution < -0.4 is 5.32 Å². The van der Waals surface area contributed by atoms with Gasteiger partial charge in [-0.3, -0.25) is 9.36 Å². The fraction of sp³-hybridized carbons (Fsp3) is 0.435. The number of nitrogens with one attached hydrogen (secondary N) is 1. The minimum Gasteiger partial charge on any atom is -0.358 e. The van der Waals surface area contributed by atoms with Gasteiger partial charge < -0.3 is 24.0 Å². The van der Waals surface area contributed by atoms with Crippen molar-refractivity contribution in [3.8, 4) is 6.07 Å². The maximum atomic E-state index is 12.6. The Morgan fingerprint density at radius 3 is 2.72 bits per heavy atom. The number of unbranched alkanes of at least 4 members (excludes halogenated alkanes) is 1. The van der Waals surface area contributed by atoms with Crippen molar-refractivity contribution in [3.63, 3.8) is 0 Å². The molecule has 3 aromatic rings. The number of imidazole rings is 1. The Morgan fingerprint density at radius 2 is 1.97 bits per heavy atom. The molecular weight excluding hydrogens is 503 g/mol. The number of anilines is 1. The Balaban J connectivity index is 1.64. The second kappa shape index (κ2) is 14.1. The second-order valence-electron chi connectivity index (χ2n) is 7.73. The molecule has 0 fully saturated rings. The zero-order valence-corrected chi connectivity index (χ0v) is 21.7. The number of hydrogen-bond acceptors (Lipinski definition) is 9. The largest absolute Gasteiger partial charge is 0.358 e. The summed E-state index contributed by atoms with van der Waals surface area (Å²) in [4.78, 5) is 35.6. The van der Waals surface area contributed by atoms with E-state index in [4.69, 9.17) is 30.9 Å². The van der Waals surface area contributed by atoms with Crippen molar-refractivity contribution in [3.05, 3.63) is 48.5 Å². The molecule has 1 aromatic carbocycles. The molecule has 13 heteroatoms. The van der Waals surface area contributed by atoms with Gasteiger partial charge in [0.2, 0.25) is 0 Å². The Bertz CT molecular complexity index is 1220. The van der Waals surface area contributed by atoms with E-state index in [1.165, 1.54) is 6.33 Å². The summed E-state index contributed by atoms with van der Waals surface area (Å²) in [5, 5.41) is 11.4. The number of hydrogen-bond donors (Lipinski definition) is 2. The highest BCUT2D eigenvalue weighted by atomic mass is 32.5. The topological polar surface area (TPSA) is 144 Å². The van der Waals surface area contributed by atoms with Gasteiger partial charge in [-0.2, -0.15) is 5.26 Å². The predicted octanol–water partition coefficient (Wildman–Crippen LogP) is 4.34. The van der Waals surface area contributed by atoms with Crippen LogP contribution in [0.5, 0.6) is 0 Å². The molecule has 0 bridgehead atoms. The summed E-state index contributed by atoms with van der Waals surface area (Å²) in [6.45, 7) is -0.745. The van der Waals surface area contributed by atoms with E-state index in [2.05, 4.69) is 27.2 Å². The van der Waals surface area contributed by atoms with Crippen LogP contribution in [0, 0.1) is 11.3 Å². The van der Waals surface area contributed by atoms with Gasteiger partial charge in [0.1, 0.15) is 12.6 Å². The van der Waals surface area contributed by atoms with Crippen LogP contribution in [-0.2, 0) is 25.6 Å². The maximum Gasteiger partial charge on any atom is 0.324 e. The molecule has 11 nitrogen and oxygen atoms in total. The van der Waals surface area contributed by atoms with Gasteiger partial charge in [0.05, 0.1) is 38.6 Å². The molecule has 3 rings (SSSR count). The first-order chi connectivity index (χ1) is 17.4. The molecule has 2 N–H and O–H groups in total. The molecule has 1 amide bonds. The fourth-order valence-corrected chi connectivity index (χ4v) is 4.51. The summed E-state index contributed by atoms with van der Waals surface area (Å²) in [6, 6.07) is 10.8. The Kier molecular flexibility index (Phi) is 10.9. The first kappa shape index (κ1) is 27.8. The minimum absolute atomic E-state index is 0.0310. The minimum atomic E-state index is -3.36. The van der Waals surface area contributed by atoms with Crippen LogP contribution in [0.1, 0.15) is 55.6 Å². The van der Waals surface area contributed by atoms with Gasteiger partial charge in [0, 0.05) is 5.56 Å². The maximum absolute atomic E-state index is 12.6. The zero-order chi connectivity index (χ0) is 25.8. The van der Waals surface area contributed by atoms with Crippen molar-refractivity contribution in [2.24, 2.45) is 0 Å². The molecule has 0 spiro atoms. The van der Waals surface area contributed by atoms with E-state index in [0.717, 1.165) is 19.3 Å². The lowest BCUT2D eigenvalue weighted by Gasteiger charge is -2.20. The van der Waals surface area contributed by atoms with Gasteiger partial charge >= 0.3 is 6.72 Å². The molecular formula is C23H29N6O5PS. The average Bonchev–Trinajstić information content (AvgIpc) is 3.31. The van der Waals surface area contributed by atoms with Gasteiger partial charge in [-0.25, -0.2) is 15.0 Å². The van der Waals surface area contributed by atoms with E-state index >= 15 is 0 Å². The van der Waals surface area contributed by atoms with Crippen LogP contribution in [0.4, 0.5) is 5.82 Å². The van der Waals surface area contributed by atoms with Crippen molar-refractivity contribution in [1.29, 1.82) is 5.26 Å². The number of nitrogens with zero attached hydrogens (tertiary/aromatic N) is 5. The lowest BCUT2D eigenvalue weighted by molar-refractivity contribution is -0.00797. The zero-order valence-electron chi connectivity index (χ0n) is 19.9. The van der Waals surface area contributed by atoms with Crippen molar-refractivity contribution in [2.75, 3.05) is 25.1 Å². The van der Waals surface area contributed by atoms with Gasteiger partial charge in [0.25, 0.3) is 5.91 Å². The molecule has 0 saturated heterocycles. The molecule has 2 atom stereocenters. The van der Waals surface area contributed by atoms with Gasteiger partial charge in [-0.05, 0) is 43.2 Å². The van der Waals surface area contributed by atoms with Crippen molar-refractivity contribution >= 4 is 41.4 Å². The van der Waals surface area contributed by atoms with Crippen LogP contribution >= 0.6 is 6.72 Å². The number of aromatic nitrogens is 4. The Labute approximate surface area is 214 Å². The van der Waals surface area contributed by atoms with E-state index in [9.17, 15) is 9.69 Å². The molecule has 0 aliphatic carbocycles. The molecule has 0 aliphatic rings. The smallest absolute Gasteiger partial charge is 0.324 e. The third kappa shape index (κ3) is 8.13. The lowest BCUT2D eigenvalue weighted by atomic mass is 10.2. The molecule has 2 heterocycles. The van der Waals surface area contributed by atoms with E-state index in [0.29, 0.717) is 35.6 Å². The van der Waals surface area contributed by atoms with Gasteiger partial charge in [0.15, 0.2) is 17.0 Å². The van der Waals surface area contributed by atoms with Crippen LogP contribution in [0.15, 0.2) is 43.0 Å². The van der Waals surface area contributed by atoms with E-state index in [1.807, 2.05) is 16.7 Å². The first-order valence-electron chi connectivity index (χ1n) is 11.6. The van der Waals surface area contributed by atoms with Crippen molar-refractivity contribution < 1.29 is 23.5 Å². The summed E-state index contributed by atoms with van der Waals surface area (Å²) in [5.74, 6) is 0.0328. The van der Waals surface area contributed by atoms with Crippen molar-refractivity contribution in [2.45, 2.75) is 45.3 Å². The van der Waals surface area contributed by atoms with E-state index < -0.39 is 6.72 Å². The Hall–Kier alpha value is -2.78. The molecule has 2 aromatic heterocycles. The molecule has 0 aliphatic heterocycles. The standard InChI is InChI=1S/C23H29N6O5PS/c1-2-3-11-19(32-13-8-15-34-35(31,36)33-14-7-12-24)29-17-27-20-21(25-16-26-22(20)29)28-23(30)18-9-5-4-6-10-18/h4-6,9-10,16-17,19H,2-3,7-8,11,13-15H2,1H3,(H,31,36)(H,25,26,28,30)/t19-,35?/m1/s1. The van der Waals surface area contributed by atoms with E-state index in [-0.39, 0.29) is 31.8 Å². The molecule has 36 heavy (non-hydrogen) atoms. The highest BCUT2D eigenvalue weighted by Crippen LogP contribution is 2.43. The van der Waals surface area contributed by atoms with Crippen LogP contribution in [-0.4, -0.2) is 50.1 Å². The molecule has 192 valence electrons. The number of fused-ring (bicyclic) bond motifs is 1. The number of carbonyl (C=O) groups excluding carboxylic acids is 1. The third-order valence-corrected chi connectivity index (χ3v) is 6.71. The molecule has 0 radical (unpaired) electrons.